The van der Waals surface area contributed by atoms with Crippen molar-refractivity contribution in [1.82, 2.24) is 4.90 Å². The maximum absolute atomic E-state index is 13.3. The summed E-state index contributed by atoms with van der Waals surface area (Å²) in [6.45, 7) is 2.14. The lowest BCUT2D eigenvalue weighted by Gasteiger charge is -2.39. The molecule has 1 saturated heterocycles. The molecule has 0 unspecified atom stereocenters. The number of piperazine rings is 1. The highest BCUT2D eigenvalue weighted by atomic mass is 19.1. The third kappa shape index (κ3) is 3.26. The molecule has 2 aromatic rings. The molecule has 2 amide bonds. The quantitative estimate of drug-likeness (QED) is 0.624. The van der Waals surface area contributed by atoms with Crippen LogP contribution in [0.2, 0.25) is 0 Å². The van der Waals surface area contributed by atoms with E-state index in [9.17, 15) is 24.1 Å². The molecule has 134 valence electrons. The van der Waals surface area contributed by atoms with Crippen molar-refractivity contribution in [3.8, 4) is 0 Å². The standard InChI is InChI=1S/C18H16FN3O4/c1-12-17(23)21(15-5-7-16(8-6-15)22(25)26)10-9-20(12)18(24)13-3-2-4-14(19)11-13/h2-8,11-12H,9-10H2,1H3/t12-/m0/s1. The monoisotopic (exact) mass is 357 g/mol. The number of anilines is 1. The maximum atomic E-state index is 13.3. The maximum Gasteiger partial charge on any atom is 0.269 e. The molecule has 1 fully saturated rings. The summed E-state index contributed by atoms with van der Waals surface area (Å²) in [6, 6.07) is 10.3. The van der Waals surface area contributed by atoms with E-state index in [-0.39, 0.29) is 30.2 Å². The highest BCUT2D eigenvalue weighted by Crippen LogP contribution is 2.24. The Kier molecular flexibility index (Phi) is 4.66. The molecule has 0 aromatic heterocycles. The van der Waals surface area contributed by atoms with Crippen LogP contribution < -0.4 is 4.90 Å². The second-order valence-electron chi connectivity index (χ2n) is 5.95. The molecule has 7 nitrogen and oxygen atoms in total. The Morgan fingerprint density at radius 2 is 1.88 bits per heavy atom. The van der Waals surface area contributed by atoms with Crippen molar-refractivity contribution in [3.63, 3.8) is 0 Å². The van der Waals surface area contributed by atoms with Gasteiger partial charge in [0, 0.05) is 36.5 Å². The Balaban J connectivity index is 1.78. The predicted molar refractivity (Wildman–Crippen MR) is 92.3 cm³/mol. The molecule has 1 aliphatic heterocycles. The number of halogens is 1. The molecule has 1 aliphatic rings. The molecule has 0 N–H and O–H groups in total. The van der Waals surface area contributed by atoms with Gasteiger partial charge in [0.05, 0.1) is 4.92 Å². The van der Waals surface area contributed by atoms with Crippen molar-refractivity contribution in [1.29, 1.82) is 0 Å². The number of rotatable bonds is 3. The van der Waals surface area contributed by atoms with Crippen molar-refractivity contribution in [3.05, 3.63) is 70.0 Å². The average Bonchev–Trinajstić information content (AvgIpc) is 2.63. The lowest BCUT2D eigenvalue weighted by atomic mass is 10.1. The fraction of sp³-hybridized carbons (Fsp3) is 0.222. The van der Waals surface area contributed by atoms with E-state index in [1.165, 1.54) is 52.3 Å². The highest BCUT2D eigenvalue weighted by molar-refractivity contribution is 6.03. The molecule has 1 heterocycles. The number of nitro benzene ring substituents is 1. The number of non-ortho nitro benzene ring substituents is 1. The van der Waals surface area contributed by atoms with Gasteiger partial charge in [0.25, 0.3) is 11.6 Å². The van der Waals surface area contributed by atoms with Crippen LogP contribution >= 0.6 is 0 Å². The molecule has 0 aliphatic carbocycles. The van der Waals surface area contributed by atoms with Crippen LogP contribution in [0, 0.1) is 15.9 Å². The molecular weight excluding hydrogens is 341 g/mol. The largest absolute Gasteiger partial charge is 0.325 e. The van der Waals surface area contributed by atoms with Crippen LogP contribution in [-0.2, 0) is 4.79 Å². The second kappa shape index (κ2) is 6.91. The number of hydrogen-bond donors (Lipinski definition) is 0. The number of carbonyl (C=O) groups is 2. The summed E-state index contributed by atoms with van der Waals surface area (Å²) in [5.41, 5.74) is 0.660. The van der Waals surface area contributed by atoms with Crippen molar-refractivity contribution in [2.75, 3.05) is 18.0 Å². The van der Waals surface area contributed by atoms with E-state index in [1.54, 1.807) is 6.92 Å². The van der Waals surface area contributed by atoms with Gasteiger partial charge in [0.2, 0.25) is 5.91 Å². The fourth-order valence-corrected chi connectivity index (χ4v) is 2.95. The van der Waals surface area contributed by atoms with Crippen molar-refractivity contribution in [2.45, 2.75) is 13.0 Å². The summed E-state index contributed by atoms with van der Waals surface area (Å²) < 4.78 is 13.3. The topological polar surface area (TPSA) is 83.8 Å². The lowest BCUT2D eigenvalue weighted by molar-refractivity contribution is -0.384. The zero-order chi connectivity index (χ0) is 18.8. The molecule has 8 heteroatoms. The van der Waals surface area contributed by atoms with Crippen LogP contribution in [0.25, 0.3) is 0 Å². The summed E-state index contributed by atoms with van der Waals surface area (Å²) in [5.74, 6) is -1.22. The number of amides is 2. The zero-order valence-electron chi connectivity index (χ0n) is 14.0. The van der Waals surface area contributed by atoms with Crippen LogP contribution in [0.15, 0.2) is 48.5 Å². The lowest BCUT2D eigenvalue weighted by Crippen LogP contribution is -2.57. The Bertz CT molecular complexity index is 869. The zero-order valence-corrected chi connectivity index (χ0v) is 14.0. The van der Waals surface area contributed by atoms with Crippen LogP contribution in [0.4, 0.5) is 15.8 Å². The number of carbonyl (C=O) groups excluding carboxylic acids is 2. The van der Waals surface area contributed by atoms with E-state index in [0.717, 1.165) is 6.07 Å². The van der Waals surface area contributed by atoms with Crippen LogP contribution in [0.1, 0.15) is 17.3 Å². The first-order valence-corrected chi connectivity index (χ1v) is 8.01. The Labute approximate surface area is 148 Å². The minimum absolute atomic E-state index is 0.0610. The number of nitro groups is 1. The van der Waals surface area contributed by atoms with Gasteiger partial charge < -0.3 is 9.80 Å². The van der Waals surface area contributed by atoms with Gasteiger partial charge in [-0.05, 0) is 37.3 Å². The van der Waals surface area contributed by atoms with E-state index >= 15 is 0 Å². The molecule has 0 saturated carbocycles. The number of benzene rings is 2. The van der Waals surface area contributed by atoms with E-state index < -0.39 is 22.7 Å². The number of nitrogens with zero attached hydrogens (tertiary/aromatic N) is 3. The second-order valence-corrected chi connectivity index (χ2v) is 5.95. The van der Waals surface area contributed by atoms with Gasteiger partial charge in [-0.1, -0.05) is 6.07 Å². The summed E-state index contributed by atoms with van der Waals surface area (Å²) in [4.78, 5) is 38.4. The summed E-state index contributed by atoms with van der Waals surface area (Å²) in [7, 11) is 0. The van der Waals surface area contributed by atoms with E-state index in [0.29, 0.717) is 5.69 Å². The van der Waals surface area contributed by atoms with Gasteiger partial charge in [-0.25, -0.2) is 4.39 Å². The summed E-state index contributed by atoms with van der Waals surface area (Å²) >= 11 is 0. The minimum atomic E-state index is -0.727. The van der Waals surface area contributed by atoms with E-state index in [4.69, 9.17) is 0 Å². The minimum Gasteiger partial charge on any atom is -0.325 e. The third-order valence-electron chi connectivity index (χ3n) is 4.36. The smallest absolute Gasteiger partial charge is 0.269 e. The summed E-state index contributed by atoms with van der Waals surface area (Å²) in [5, 5.41) is 10.7. The van der Waals surface area contributed by atoms with Gasteiger partial charge >= 0.3 is 0 Å². The third-order valence-corrected chi connectivity index (χ3v) is 4.36. The van der Waals surface area contributed by atoms with E-state index in [2.05, 4.69) is 0 Å². The molecule has 3 rings (SSSR count). The van der Waals surface area contributed by atoms with Gasteiger partial charge in [0.15, 0.2) is 0 Å². The number of hydrogen-bond acceptors (Lipinski definition) is 4. The molecule has 2 aromatic carbocycles. The first kappa shape index (κ1) is 17.5. The summed E-state index contributed by atoms with van der Waals surface area (Å²) in [6.07, 6.45) is 0. The van der Waals surface area contributed by atoms with Gasteiger partial charge in [-0.2, -0.15) is 0 Å². The molecule has 0 spiro atoms. The predicted octanol–water partition coefficient (Wildman–Crippen LogP) is 2.61. The molecule has 0 radical (unpaired) electrons. The van der Waals surface area contributed by atoms with E-state index in [1.807, 2.05) is 0 Å². The van der Waals surface area contributed by atoms with Crippen molar-refractivity contribution >= 4 is 23.2 Å². The molecule has 0 bridgehead atoms. The molecular formula is C18H16FN3O4. The van der Waals surface area contributed by atoms with Crippen molar-refractivity contribution < 1.29 is 18.9 Å². The SMILES string of the molecule is C[C@H]1C(=O)N(c2ccc([N+](=O)[O-])cc2)CCN1C(=O)c1cccc(F)c1. The Morgan fingerprint density at radius 3 is 2.50 bits per heavy atom. The van der Waals surface area contributed by atoms with Crippen LogP contribution in [-0.4, -0.2) is 40.8 Å². The van der Waals surface area contributed by atoms with Gasteiger partial charge in [-0.15, -0.1) is 0 Å². The van der Waals surface area contributed by atoms with Gasteiger partial charge in [-0.3, -0.25) is 19.7 Å². The first-order chi connectivity index (χ1) is 12.4. The van der Waals surface area contributed by atoms with Crippen molar-refractivity contribution in [2.24, 2.45) is 0 Å². The van der Waals surface area contributed by atoms with Gasteiger partial charge in [0.1, 0.15) is 11.9 Å². The normalized spacial score (nSPS) is 17.3. The van der Waals surface area contributed by atoms with Crippen LogP contribution in [0.5, 0.6) is 0 Å². The Hall–Kier alpha value is -3.29. The molecule has 26 heavy (non-hydrogen) atoms. The molecule has 1 atom stereocenters. The fourth-order valence-electron chi connectivity index (χ4n) is 2.95. The first-order valence-electron chi connectivity index (χ1n) is 8.01. The van der Waals surface area contributed by atoms with Crippen LogP contribution in [0.3, 0.4) is 0 Å². The Morgan fingerprint density at radius 1 is 1.19 bits per heavy atom. The average molecular weight is 357 g/mol. The highest BCUT2D eigenvalue weighted by Gasteiger charge is 2.35.